The van der Waals surface area contributed by atoms with Gasteiger partial charge in [0.25, 0.3) is 5.56 Å². The number of fused-ring (bicyclic) bond motifs is 3. The third kappa shape index (κ3) is 4.13. The van der Waals surface area contributed by atoms with Crippen LogP contribution >= 0.6 is 11.6 Å². The SMILES string of the molecule is CC1N=C(c2ccc(F)cc2)c2cc(Cl)c(NS(C)(=O)=O)cc2-c2cn(C)c(=O)cc21. The number of aryl methyl sites for hydroxylation is 1. The second-order valence-corrected chi connectivity index (χ2v) is 9.66. The van der Waals surface area contributed by atoms with Crippen LogP contribution in [-0.2, 0) is 17.1 Å². The van der Waals surface area contributed by atoms with Gasteiger partial charge in [-0.1, -0.05) is 11.6 Å². The van der Waals surface area contributed by atoms with Crippen LogP contribution in [0.25, 0.3) is 11.1 Å². The van der Waals surface area contributed by atoms with Crippen molar-refractivity contribution < 1.29 is 12.8 Å². The Kier molecular flexibility index (Phi) is 5.23. The second kappa shape index (κ2) is 7.62. The van der Waals surface area contributed by atoms with Gasteiger partial charge < -0.3 is 4.57 Å². The summed E-state index contributed by atoms with van der Waals surface area (Å²) in [6.07, 6.45) is 2.74. The fourth-order valence-electron chi connectivity index (χ4n) is 3.66. The third-order valence-corrected chi connectivity index (χ3v) is 6.00. The Morgan fingerprint density at radius 1 is 1.10 bits per heavy atom. The van der Waals surface area contributed by atoms with Gasteiger partial charge in [0, 0.05) is 36.0 Å². The van der Waals surface area contributed by atoms with E-state index in [0.717, 1.165) is 11.8 Å². The number of aliphatic imine (C=N–C) groups is 1. The van der Waals surface area contributed by atoms with Gasteiger partial charge in [-0.2, -0.15) is 0 Å². The fourth-order valence-corrected chi connectivity index (χ4v) is 4.49. The lowest BCUT2D eigenvalue weighted by Gasteiger charge is -2.16. The average molecular weight is 460 g/mol. The van der Waals surface area contributed by atoms with Crippen molar-refractivity contribution in [2.45, 2.75) is 13.0 Å². The molecule has 0 bridgehead atoms. The Morgan fingerprint density at radius 3 is 2.42 bits per heavy atom. The van der Waals surface area contributed by atoms with Gasteiger partial charge >= 0.3 is 0 Å². The summed E-state index contributed by atoms with van der Waals surface area (Å²) in [6, 6.07) is 10.4. The highest BCUT2D eigenvalue weighted by molar-refractivity contribution is 7.92. The van der Waals surface area contributed by atoms with Gasteiger partial charge in [-0.15, -0.1) is 0 Å². The molecule has 1 aliphatic heterocycles. The highest BCUT2D eigenvalue weighted by Gasteiger charge is 2.25. The van der Waals surface area contributed by atoms with E-state index in [9.17, 15) is 17.6 Å². The molecule has 0 fully saturated rings. The van der Waals surface area contributed by atoms with Crippen molar-refractivity contribution in [2.75, 3.05) is 11.0 Å². The number of sulfonamides is 1. The molecule has 4 rings (SSSR count). The summed E-state index contributed by atoms with van der Waals surface area (Å²) in [7, 11) is -1.93. The summed E-state index contributed by atoms with van der Waals surface area (Å²) >= 11 is 6.42. The maximum Gasteiger partial charge on any atom is 0.250 e. The van der Waals surface area contributed by atoms with Crippen molar-refractivity contribution in [1.29, 1.82) is 0 Å². The number of hydrogen-bond donors (Lipinski definition) is 1. The molecule has 0 saturated carbocycles. The minimum atomic E-state index is -3.57. The highest BCUT2D eigenvalue weighted by Crippen LogP contribution is 2.40. The lowest BCUT2D eigenvalue weighted by atomic mass is 9.92. The second-order valence-electron chi connectivity index (χ2n) is 7.50. The smallest absolute Gasteiger partial charge is 0.250 e. The van der Waals surface area contributed by atoms with Gasteiger partial charge in [-0.3, -0.25) is 14.5 Å². The molecular formula is C22H19ClFN3O3S. The molecule has 0 radical (unpaired) electrons. The van der Waals surface area contributed by atoms with E-state index in [0.29, 0.717) is 28.0 Å². The predicted molar refractivity (Wildman–Crippen MR) is 121 cm³/mol. The first-order valence-electron chi connectivity index (χ1n) is 9.40. The van der Waals surface area contributed by atoms with Crippen LogP contribution < -0.4 is 10.3 Å². The Balaban J connectivity index is 2.07. The average Bonchev–Trinajstić information content (AvgIpc) is 2.78. The van der Waals surface area contributed by atoms with E-state index >= 15 is 0 Å². The number of anilines is 1. The summed E-state index contributed by atoms with van der Waals surface area (Å²) in [6.45, 7) is 1.87. The fraction of sp³-hybridized carbons (Fsp3) is 0.182. The van der Waals surface area contributed by atoms with Gasteiger partial charge in [0.2, 0.25) is 10.0 Å². The Labute approximate surface area is 184 Å². The first kappa shape index (κ1) is 21.3. The largest absolute Gasteiger partial charge is 0.318 e. The van der Waals surface area contributed by atoms with Crippen molar-refractivity contribution >= 4 is 33.0 Å². The van der Waals surface area contributed by atoms with Gasteiger partial charge in [0.1, 0.15) is 5.82 Å². The van der Waals surface area contributed by atoms with Crippen LogP contribution in [0.3, 0.4) is 0 Å². The number of hydrogen-bond acceptors (Lipinski definition) is 4. The summed E-state index contributed by atoms with van der Waals surface area (Å²) in [5.74, 6) is -0.372. The monoisotopic (exact) mass is 459 g/mol. The molecule has 1 aromatic heterocycles. The molecule has 1 N–H and O–H groups in total. The van der Waals surface area contributed by atoms with E-state index in [1.165, 1.54) is 22.8 Å². The van der Waals surface area contributed by atoms with E-state index in [1.54, 1.807) is 37.5 Å². The number of rotatable bonds is 3. The van der Waals surface area contributed by atoms with Gasteiger partial charge in [0.05, 0.1) is 28.7 Å². The molecule has 2 aromatic carbocycles. The third-order valence-electron chi connectivity index (χ3n) is 5.10. The van der Waals surface area contributed by atoms with Crippen LogP contribution in [0.1, 0.15) is 29.7 Å². The van der Waals surface area contributed by atoms with Gasteiger partial charge in [-0.05, 0) is 54.4 Å². The van der Waals surface area contributed by atoms with E-state index < -0.39 is 10.0 Å². The Morgan fingerprint density at radius 2 is 1.77 bits per heavy atom. The molecule has 3 aromatic rings. The molecule has 1 aliphatic rings. The maximum absolute atomic E-state index is 13.5. The van der Waals surface area contributed by atoms with E-state index in [-0.39, 0.29) is 28.1 Å². The molecule has 160 valence electrons. The topological polar surface area (TPSA) is 80.5 Å². The molecule has 6 nitrogen and oxygen atoms in total. The minimum Gasteiger partial charge on any atom is -0.318 e. The Hall–Kier alpha value is -2.97. The van der Waals surface area contributed by atoms with Crippen LogP contribution in [0.5, 0.6) is 0 Å². The number of halogens is 2. The van der Waals surface area contributed by atoms with Crippen molar-refractivity contribution in [1.82, 2.24) is 4.57 Å². The Bertz CT molecular complexity index is 1400. The van der Waals surface area contributed by atoms with Crippen molar-refractivity contribution in [2.24, 2.45) is 12.0 Å². The summed E-state index contributed by atoms with van der Waals surface area (Å²) in [4.78, 5) is 17.1. The first-order chi connectivity index (χ1) is 14.5. The molecular weight excluding hydrogens is 441 g/mol. The number of benzene rings is 2. The van der Waals surface area contributed by atoms with Crippen LogP contribution in [0.15, 0.2) is 58.4 Å². The molecule has 9 heteroatoms. The molecule has 2 heterocycles. The van der Waals surface area contributed by atoms with Gasteiger partial charge in [0.15, 0.2) is 0 Å². The lowest BCUT2D eigenvalue weighted by molar-refractivity contribution is 0.607. The van der Waals surface area contributed by atoms with Crippen LogP contribution in [0.4, 0.5) is 10.1 Å². The number of aromatic nitrogens is 1. The molecule has 0 aliphatic carbocycles. The highest BCUT2D eigenvalue weighted by atomic mass is 35.5. The van der Waals surface area contributed by atoms with Crippen LogP contribution in [0, 0.1) is 5.82 Å². The van der Waals surface area contributed by atoms with E-state index in [2.05, 4.69) is 4.72 Å². The first-order valence-corrected chi connectivity index (χ1v) is 11.7. The zero-order valence-corrected chi connectivity index (χ0v) is 18.6. The van der Waals surface area contributed by atoms with Crippen molar-refractivity contribution in [3.8, 4) is 11.1 Å². The van der Waals surface area contributed by atoms with Crippen molar-refractivity contribution in [3.05, 3.63) is 86.5 Å². The zero-order valence-electron chi connectivity index (χ0n) is 17.0. The number of nitrogens with one attached hydrogen (secondary N) is 1. The predicted octanol–water partition coefficient (Wildman–Crippen LogP) is 4.13. The maximum atomic E-state index is 13.5. The quantitative estimate of drug-likeness (QED) is 0.639. The van der Waals surface area contributed by atoms with Crippen molar-refractivity contribution in [3.63, 3.8) is 0 Å². The summed E-state index contributed by atoms with van der Waals surface area (Å²) in [5.41, 5.74) is 4.03. The molecule has 0 amide bonds. The minimum absolute atomic E-state index is 0.184. The zero-order chi connectivity index (χ0) is 22.5. The van der Waals surface area contributed by atoms with E-state index in [1.807, 2.05) is 6.92 Å². The molecule has 1 unspecified atom stereocenters. The molecule has 0 spiro atoms. The van der Waals surface area contributed by atoms with Gasteiger partial charge in [-0.25, -0.2) is 12.8 Å². The van der Waals surface area contributed by atoms with Crippen LogP contribution in [0.2, 0.25) is 5.02 Å². The number of nitrogens with zero attached hydrogens (tertiary/aromatic N) is 2. The molecule has 31 heavy (non-hydrogen) atoms. The normalized spacial score (nSPS) is 15.5. The lowest BCUT2D eigenvalue weighted by Crippen LogP contribution is -2.17. The van der Waals surface area contributed by atoms with E-state index in [4.69, 9.17) is 16.6 Å². The summed E-state index contributed by atoms with van der Waals surface area (Å²) < 4.78 is 41.1. The standard InChI is InChI=1S/C22H19ClFN3O3S/c1-12-15-10-21(28)27(2)11-18(15)16-9-20(26-31(3,29)30)19(23)8-17(16)22(25-12)13-4-6-14(24)7-5-13/h4-12,26H,1-3H3. The van der Waals surface area contributed by atoms with Crippen LogP contribution in [-0.4, -0.2) is 25.0 Å². The number of pyridine rings is 1. The molecule has 1 atom stereocenters. The molecule has 0 saturated heterocycles. The summed E-state index contributed by atoms with van der Waals surface area (Å²) in [5, 5.41) is 0.194.